The summed E-state index contributed by atoms with van der Waals surface area (Å²) in [7, 11) is 0. The third-order valence-electron chi connectivity index (χ3n) is 0.408. The van der Waals surface area contributed by atoms with Gasteiger partial charge in [-0.15, -0.1) is 6.58 Å². The van der Waals surface area contributed by atoms with Gasteiger partial charge in [-0.2, -0.15) is 6.42 Å². The van der Waals surface area contributed by atoms with E-state index in [9.17, 15) is 0 Å². The van der Waals surface area contributed by atoms with Crippen molar-refractivity contribution in [1.29, 1.82) is 0 Å². The summed E-state index contributed by atoms with van der Waals surface area (Å²) in [6.07, 6.45) is 3.89. The van der Waals surface area contributed by atoms with Gasteiger partial charge in [-0.3, -0.25) is 0 Å². The Kier molecular flexibility index (Phi) is 14.2. The second-order valence-corrected chi connectivity index (χ2v) is 0.931. The van der Waals surface area contributed by atoms with Gasteiger partial charge >= 0.3 is 0 Å². The zero-order chi connectivity index (χ0) is 4.12. The molecule has 0 aliphatic rings. The van der Waals surface area contributed by atoms with E-state index in [1.165, 1.54) is 0 Å². The summed E-state index contributed by atoms with van der Waals surface area (Å²) in [4.78, 5) is 0. The largest absolute Gasteiger partial charge is 0.343 e. The van der Waals surface area contributed by atoms with Crippen molar-refractivity contribution in [3.05, 3.63) is 19.6 Å². The van der Waals surface area contributed by atoms with Crippen molar-refractivity contribution < 1.29 is 16.5 Å². The summed E-state index contributed by atoms with van der Waals surface area (Å²) in [6.45, 7) is 7.11. The molecular weight excluding hydrogens is 119 g/mol. The van der Waals surface area contributed by atoms with E-state index in [0.29, 0.717) is 0 Å². The van der Waals surface area contributed by atoms with Crippen LogP contribution in [0.4, 0.5) is 0 Å². The van der Waals surface area contributed by atoms with Gasteiger partial charge in [0, 0.05) is 16.5 Å². The predicted molar refractivity (Wildman–Crippen MR) is 24.8 cm³/mol. The van der Waals surface area contributed by atoms with Crippen molar-refractivity contribution in [2.45, 2.75) is 12.8 Å². The molecular formula is C5H9Ni-. The van der Waals surface area contributed by atoms with Gasteiger partial charge in [-0.1, -0.05) is 12.5 Å². The van der Waals surface area contributed by atoms with E-state index in [2.05, 4.69) is 13.5 Å². The van der Waals surface area contributed by atoms with Crippen LogP contribution in [0.1, 0.15) is 12.8 Å². The molecule has 0 rings (SSSR count). The fourth-order valence-electron chi connectivity index (χ4n) is 0.144. The van der Waals surface area contributed by atoms with Gasteiger partial charge in [0.25, 0.3) is 0 Å². The molecule has 0 aliphatic carbocycles. The molecule has 0 aromatic heterocycles. The molecule has 6 heavy (non-hydrogen) atoms. The Morgan fingerprint density at radius 1 is 1.67 bits per heavy atom. The van der Waals surface area contributed by atoms with Crippen LogP contribution >= 0.6 is 0 Å². The Morgan fingerprint density at radius 2 is 2.17 bits per heavy atom. The van der Waals surface area contributed by atoms with Crippen molar-refractivity contribution >= 4 is 0 Å². The minimum absolute atomic E-state index is 0. The average Bonchev–Trinajstić information content (AvgIpc) is 1.41. The first-order valence-electron chi connectivity index (χ1n) is 1.82. The first-order chi connectivity index (χ1) is 2.41. The summed E-state index contributed by atoms with van der Waals surface area (Å²) < 4.78 is 0. The molecule has 0 nitrogen and oxygen atoms in total. The number of allylic oxidation sites excluding steroid dienone is 1. The standard InChI is InChI=1S/C5H9.Ni/c1-3-5-4-2;/h3H,1-2,4-5H2;/q-1;. The summed E-state index contributed by atoms with van der Waals surface area (Å²) in [5.74, 6) is 0. The molecule has 0 fully saturated rings. The Morgan fingerprint density at radius 3 is 2.17 bits per heavy atom. The second-order valence-electron chi connectivity index (χ2n) is 0.931. The molecule has 0 saturated carbocycles. The van der Waals surface area contributed by atoms with E-state index in [0.717, 1.165) is 12.8 Å². The van der Waals surface area contributed by atoms with Gasteiger partial charge in [0.15, 0.2) is 0 Å². The first kappa shape index (κ1) is 9.53. The van der Waals surface area contributed by atoms with E-state index in [-0.39, 0.29) is 16.5 Å². The normalized spacial score (nSPS) is 6.17. The Balaban J connectivity index is 0. The average molecular weight is 128 g/mol. The van der Waals surface area contributed by atoms with Crippen LogP contribution < -0.4 is 0 Å². The molecule has 0 amide bonds. The third kappa shape index (κ3) is 8.87. The molecule has 0 aliphatic heterocycles. The quantitative estimate of drug-likeness (QED) is 0.302. The molecule has 0 atom stereocenters. The Labute approximate surface area is 49.6 Å². The molecule has 0 unspecified atom stereocenters. The fraction of sp³-hybridized carbons (Fsp3) is 0.400. The van der Waals surface area contributed by atoms with E-state index in [4.69, 9.17) is 0 Å². The number of unbranched alkanes of at least 4 members (excludes halogenated alkanes) is 1. The van der Waals surface area contributed by atoms with Crippen LogP contribution in [0.5, 0.6) is 0 Å². The van der Waals surface area contributed by atoms with Crippen LogP contribution in [0.2, 0.25) is 0 Å². The van der Waals surface area contributed by atoms with E-state index in [1.54, 1.807) is 0 Å². The number of hydrogen-bond donors (Lipinski definition) is 0. The van der Waals surface area contributed by atoms with Gasteiger partial charge in [-0.05, 0) is 0 Å². The van der Waals surface area contributed by atoms with Gasteiger partial charge in [0.05, 0.1) is 0 Å². The maximum atomic E-state index is 3.60. The fourth-order valence-corrected chi connectivity index (χ4v) is 0.144. The van der Waals surface area contributed by atoms with Crippen molar-refractivity contribution in [1.82, 2.24) is 0 Å². The van der Waals surface area contributed by atoms with E-state index >= 15 is 0 Å². The van der Waals surface area contributed by atoms with Gasteiger partial charge in [-0.25, -0.2) is 0 Å². The topological polar surface area (TPSA) is 0 Å². The molecule has 0 N–H and O–H groups in total. The molecule has 0 bridgehead atoms. The van der Waals surface area contributed by atoms with Crippen LogP contribution in [0.15, 0.2) is 12.7 Å². The summed E-state index contributed by atoms with van der Waals surface area (Å²) in [6, 6.07) is 0. The second kappa shape index (κ2) is 8.97. The molecule has 0 heterocycles. The zero-order valence-electron chi connectivity index (χ0n) is 3.72. The zero-order valence-corrected chi connectivity index (χ0v) is 4.71. The van der Waals surface area contributed by atoms with Gasteiger partial charge < -0.3 is 6.92 Å². The van der Waals surface area contributed by atoms with Crippen molar-refractivity contribution in [2.75, 3.05) is 0 Å². The number of hydrogen-bond acceptors (Lipinski definition) is 0. The minimum atomic E-state index is 0. The SMILES string of the molecule is C=CCC[CH2-].[Ni]. The molecule has 0 aromatic carbocycles. The van der Waals surface area contributed by atoms with Crippen LogP contribution in [0.25, 0.3) is 0 Å². The van der Waals surface area contributed by atoms with Crippen molar-refractivity contribution in [3.63, 3.8) is 0 Å². The first-order valence-corrected chi connectivity index (χ1v) is 1.82. The summed E-state index contributed by atoms with van der Waals surface area (Å²) in [5.41, 5.74) is 0. The third-order valence-corrected chi connectivity index (χ3v) is 0.408. The van der Waals surface area contributed by atoms with E-state index in [1.807, 2.05) is 6.08 Å². The van der Waals surface area contributed by atoms with Crippen LogP contribution in [0, 0.1) is 6.92 Å². The predicted octanol–water partition coefficient (Wildman–Crippen LogP) is 1.78. The molecule has 0 spiro atoms. The minimum Gasteiger partial charge on any atom is -0.343 e. The van der Waals surface area contributed by atoms with Crippen LogP contribution in [-0.4, -0.2) is 0 Å². The Bertz CT molecular complexity index is 25.1. The summed E-state index contributed by atoms with van der Waals surface area (Å²) >= 11 is 0. The number of rotatable bonds is 2. The smallest absolute Gasteiger partial charge is 0 e. The van der Waals surface area contributed by atoms with Gasteiger partial charge in [0.2, 0.25) is 0 Å². The van der Waals surface area contributed by atoms with Gasteiger partial charge in [0.1, 0.15) is 0 Å². The monoisotopic (exact) mass is 127 g/mol. The maximum absolute atomic E-state index is 3.60. The maximum Gasteiger partial charge on any atom is 0 e. The van der Waals surface area contributed by atoms with Crippen LogP contribution in [0.3, 0.4) is 0 Å². The Hall–Kier alpha value is 0.234. The van der Waals surface area contributed by atoms with Crippen molar-refractivity contribution in [2.24, 2.45) is 0 Å². The molecule has 0 aromatic rings. The summed E-state index contributed by atoms with van der Waals surface area (Å²) in [5, 5.41) is 0. The molecule has 40 valence electrons. The molecule has 0 radical (unpaired) electrons. The van der Waals surface area contributed by atoms with Crippen molar-refractivity contribution in [3.8, 4) is 0 Å². The van der Waals surface area contributed by atoms with Crippen LogP contribution in [-0.2, 0) is 16.5 Å². The molecule has 1 heteroatoms. The molecule has 0 saturated heterocycles. The van der Waals surface area contributed by atoms with E-state index < -0.39 is 0 Å².